The molecular weight excluding hydrogens is 374 g/mol. The van der Waals surface area contributed by atoms with Crippen molar-refractivity contribution in [3.05, 3.63) is 87.7 Å². The number of non-ortho nitro benzene ring substituents is 1. The molecule has 148 valence electrons. The quantitative estimate of drug-likeness (QED) is 0.250. The Balaban J connectivity index is 1.75. The summed E-state index contributed by atoms with van der Waals surface area (Å²) in [6.07, 6.45) is 4.85. The Morgan fingerprint density at radius 1 is 1.24 bits per heavy atom. The van der Waals surface area contributed by atoms with E-state index in [4.69, 9.17) is 9.47 Å². The maximum absolute atomic E-state index is 12.2. The van der Waals surface area contributed by atoms with Gasteiger partial charge in [-0.1, -0.05) is 18.2 Å². The SMILES string of the molecule is COc1ccc(/C=C/C(=O)c2ccn(C)n2)cc1COc1cccc([N+](=O)[O-])c1. The number of methoxy groups -OCH3 is 1. The molecule has 0 aliphatic rings. The van der Waals surface area contributed by atoms with Crippen LogP contribution in [-0.4, -0.2) is 27.6 Å². The summed E-state index contributed by atoms with van der Waals surface area (Å²) in [4.78, 5) is 22.6. The minimum Gasteiger partial charge on any atom is -0.496 e. The van der Waals surface area contributed by atoms with Crippen molar-refractivity contribution in [2.45, 2.75) is 6.61 Å². The monoisotopic (exact) mass is 393 g/mol. The number of aryl methyl sites for hydroxylation is 1. The molecule has 0 unspecified atom stereocenters. The lowest BCUT2D eigenvalue weighted by Gasteiger charge is -2.11. The van der Waals surface area contributed by atoms with E-state index in [1.807, 2.05) is 12.1 Å². The number of rotatable bonds is 8. The lowest BCUT2D eigenvalue weighted by atomic mass is 10.1. The topological polar surface area (TPSA) is 96.5 Å². The number of benzene rings is 2. The van der Waals surface area contributed by atoms with Crippen molar-refractivity contribution in [2.75, 3.05) is 7.11 Å². The van der Waals surface area contributed by atoms with Crippen LogP contribution >= 0.6 is 0 Å². The van der Waals surface area contributed by atoms with Crippen LogP contribution in [0.3, 0.4) is 0 Å². The number of aromatic nitrogens is 2. The zero-order chi connectivity index (χ0) is 20.8. The second-order valence-electron chi connectivity index (χ2n) is 6.19. The summed E-state index contributed by atoms with van der Waals surface area (Å²) in [5.41, 5.74) is 1.85. The smallest absolute Gasteiger partial charge is 0.273 e. The van der Waals surface area contributed by atoms with Gasteiger partial charge in [-0.2, -0.15) is 5.10 Å². The molecule has 0 bridgehead atoms. The first-order valence-electron chi connectivity index (χ1n) is 8.72. The summed E-state index contributed by atoms with van der Waals surface area (Å²) in [5.74, 6) is 0.798. The molecule has 8 nitrogen and oxygen atoms in total. The van der Waals surface area contributed by atoms with Crippen molar-refractivity contribution in [2.24, 2.45) is 7.05 Å². The molecule has 0 saturated heterocycles. The van der Waals surface area contributed by atoms with E-state index >= 15 is 0 Å². The zero-order valence-corrected chi connectivity index (χ0v) is 15.9. The zero-order valence-electron chi connectivity index (χ0n) is 15.9. The molecule has 8 heteroatoms. The number of ketones is 1. The Kier molecular flexibility index (Phi) is 6.03. The molecule has 1 aromatic heterocycles. The van der Waals surface area contributed by atoms with Crippen molar-refractivity contribution < 1.29 is 19.2 Å². The van der Waals surface area contributed by atoms with Gasteiger partial charge in [0, 0.05) is 24.9 Å². The predicted molar refractivity (Wildman–Crippen MR) is 107 cm³/mol. The number of ether oxygens (including phenoxy) is 2. The normalized spacial score (nSPS) is 10.8. The van der Waals surface area contributed by atoms with Gasteiger partial charge in [-0.05, 0) is 35.9 Å². The van der Waals surface area contributed by atoms with Crippen LogP contribution in [0.2, 0.25) is 0 Å². The fourth-order valence-electron chi connectivity index (χ4n) is 2.67. The van der Waals surface area contributed by atoms with Crippen LogP contribution in [0, 0.1) is 10.1 Å². The molecule has 3 aromatic rings. The van der Waals surface area contributed by atoms with Gasteiger partial charge in [-0.25, -0.2) is 0 Å². The fraction of sp³-hybridized carbons (Fsp3) is 0.143. The summed E-state index contributed by atoms with van der Waals surface area (Å²) in [5, 5.41) is 15.0. The summed E-state index contributed by atoms with van der Waals surface area (Å²) in [6, 6.07) is 13.0. The number of carbonyl (C=O) groups excluding carboxylic acids is 1. The van der Waals surface area contributed by atoms with Crippen molar-refractivity contribution in [3.8, 4) is 11.5 Å². The van der Waals surface area contributed by atoms with Crippen LogP contribution in [0.1, 0.15) is 21.6 Å². The molecule has 0 aliphatic heterocycles. The second kappa shape index (κ2) is 8.83. The van der Waals surface area contributed by atoms with Crippen LogP contribution in [0.15, 0.2) is 60.8 Å². The van der Waals surface area contributed by atoms with Gasteiger partial charge in [0.25, 0.3) is 5.69 Å². The van der Waals surface area contributed by atoms with Gasteiger partial charge < -0.3 is 9.47 Å². The summed E-state index contributed by atoms with van der Waals surface area (Å²) >= 11 is 0. The maximum atomic E-state index is 12.2. The average Bonchev–Trinajstić information content (AvgIpc) is 3.17. The minimum absolute atomic E-state index is 0.0424. The molecule has 0 fully saturated rings. The molecular formula is C21H19N3O5. The number of hydrogen-bond acceptors (Lipinski definition) is 6. The van der Waals surface area contributed by atoms with E-state index < -0.39 is 4.92 Å². The van der Waals surface area contributed by atoms with Gasteiger partial charge in [0.05, 0.1) is 18.1 Å². The van der Waals surface area contributed by atoms with E-state index in [1.54, 1.807) is 55.4 Å². The van der Waals surface area contributed by atoms with Crippen molar-refractivity contribution in [1.29, 1.82) is 0 Å². The molecule has 0 aliphatic carbocycles. The highest BCUT2D eigenvalue weighted by Crippen LogP contribution is 2.25. The Labute approximate surface area is 167 Å². The largest absolute Gasteiger partial charge is 0.496 e. The highest BCUT2D eigenvalue weighted by atomic mass is 16.6. The van der Waals surface area contributed by atoms with E-state index in [0.29, 0.717) is 17.2 Å². The minimum atomic E-state index is -0.475. The molecule has 2 aromatic carbocycles. The van der Waals surface area contributed by atoms with Gasteiger partial charge in [-0.15, -0.1) is 0 Å². The van der Waals surface area contributed by atoms with Crippen LogP contribution in [-0.2, 0) is 13.7 Å². The second-order valence-corrected chi connectivity index (χ2v) is 6.19. The van der Waals surface area contributed by atoms with Crippen LogP contribution < -0.4 is 9.47 Å². The van der Waals surface area contributed by atoms with Crippen molar-refractivity contribution in [1.82, 2.24) is 9.78 Å². The van der Waals surface area contributed by atoms with Gasteiger partial charge in [-0.3, -0.25) is 19.6 Å². The van der Waals surface area contributed by atoms with Crippen molar-refractivity contribution in [3.63, 3.8) is 0 Å². The first-order valence-corrected chi connectivity index (χ1v) is 8.72. The standard InChI is InChI=1S/C21H19N3O5/c1-23-11-10-19(22-23)20(25)8-6-15-7-9-21(28-2)16(12-15)14-29-18-5-3-4-17(13-18)24(26)27/h3-13H,14H2,1-2H3/b8-6+. The molecule has 0 spiro atoms. The molecule has 0 N–H and O–H groups in total. The number of allylic oxidation sites excluding steroid dienone is 1. The fourth-order valence-corrected chi connectivity index (χ4v) is 2.67. The van der Waals surface area contributed by atoms with Crippen LogP contribution in [0.5, 0.6) is 11.5 Å². The van der Waals surface area contributed by atoms with E-state index in [2.05, 4.69) is 5.10 Å². The van der Waals surface area contributed by atoms with Gasteiger partial charge in [0.1, 0.15) is 23.8 Å². The Morgan fingerprint density at radius 2 is 2.07 bits per heavy atom. The Hall–Kier alpha value is -3.94. The lowest BCUT2D eigenvalue weighted by Crippen LogP contribution is -2.00. The number of nitro groups is 1. The van der Waals surface area contributed by atoms with Crippen LogP contribution in [0.25, 0.3) is 6.08 Å². The van der Waals surface area contributed by atoms with Gasteiger partial charge in [0.15, 0.2) is 0 Å². The third kappa shape index (κ3) is 5.07. The molecule has 3 rings (SSSR count). The molecule has 29 heavy (non-hydrogen) atoms. The average molecular weight is 393 g/mol. The maximum Gasteiger partial charge on any atom is 0.273 e. The highest BCUT2D eigenvalue weighted by Gasteiger charge is 2.09. The summed E-state index contributed by atoms with van der Waals surface area (Å²) < 4.78 is 12.6. The first-order chi connectivity index (χ1) is 14.0. The van der Waals surface area contributed by atoms with E-state index in [0.717, 1.165) is 11.1 Å². The third-order valence-electron chi connectivity index (χ3n) is 4.12. The lowest BCUT2D eigenvalue weighted by molar-refractivity contribution is -0.384. The molecule has 0 radical (unpaired) electrons. The molecule has 0 saturated carbocycles. The summed E-state index contributed by atoms with van der Waals surface area (Å²) in [7, 11) is 3.30. The third-order valence-corrected chi connectivity index (χ3v) is 4.12. The van der Waals surface area contributed by atoms with Gasteiger partial charge in [0.2, 0.25) is 5.78 Å². The van der Waals surface area contributed by atoms with E-state index in [1.165, 1.54) is 18.2 Å². The number of carbonyl (C=O) groups is 1. The number of nitro benzene ring substituents is 1. The van der Waals surface area contributed by atoms with Gasteiger partial charge >= 0.3 is 0 Å². The first kappa shape index (κ1) is 19.8. The molecule has 1 heterocycles. The summed E-state index contributed by atoms with van der Waals surface area (Å²) in [6.45, 7) is 0.153. The Morgan fingerprint density at radius 3 is 2.76 bits per heavy atom. The predicted octanol–water partition coefficient (Wildman–Crippen LogP) is 3.81. The molecule has 0 amide bonds. The Bertz CT molecular complexity index is 1070. The highest BCUT2D eigenvalue weighted by molar-refractivity contribution is 6.05. The van der Waals surface area contributed by atoms with E-state index in [9.17, 15) is 14.9 Å². The molecule has 0 atom stereocenters. The number of hydrogen-bond donors (Lipinski definition) is 0. The van der Waals surface area contributed by atoms with E-state index in [-0.39, 0.29) is 18.1 Å². The number of nitrogens with zero attached hydrogens (tertiary/aromatic N) is 3. The van der Waals surface area contributed by atoms with Crippen molar-refractivity contribution >= 4 is 17.5 Å². The van der Waals surface area contributed by atoms with Crippen LogP contribution in [0.4, 0.5) is 5.69 Å².